The van der Waals surface area contributed by atoms with Crippen LogP contribution >= 0.6 is 0 Å². The smallest absolute Gasteiger partial charge is 0.418 e. The van der Waals surface area contributed by atoms with Crippen LogP contribution in [-0.4, -0.2) is 63.5 Å². The van der Waals surface area contributed by atoms with Crippen LogP contribution in [0.5, 0.6) is 23.0 Å². The number of fused-ring (bicyclic) bond motifs is 12. The predicted molar refractivity (Wildman–Crippen MR) is 371 cm³/mol. The monoisotopic (exact) mass is 1270 g/mol. The molecule has 2 saturated carbocycles. The lowest BCUT2D eigenvalue weighted by Crippen LogP contribution is -2.35. The van der Waals surface area contributed by atoms with Gasteiger partial charge in [0.2, 0.25) is 0 Å². The van der Waals surface area contributed by atoms with Gasteiger partial charge in [-0.15, -0.1) is 0 Å². The van der Waals surface area contributed by atoms with Gasteiger partial charge in [-0.1, -0.05) is 140 Å². The molecule has 14 nitrogen and oxygen atoms in total. The van der Waals surface area contributed by atoms with Crippen molar-refractivity contribution in [3.05, 3.63) is 224 Å². The zero-order chi connectivity index (χ0) is 65.9. The summed E-state index contributed by atoms with van der Waals surface area (Å²) in [6.45, 7) is 12.8. The largest absolute Gasteiger partial charge is 0.456 e. The van der Waals surface area contributed by atoms with Gasteiger partial charge in [-0.05, 0) is 160 Å². The van der Waals surface area contributed by atoms with E-state index < -0.39 is 40.7 Å². The van der Waals surface area contributed by atoms with Gasteiger partial charge in [-0.2, -0.15) is 0 Å². The maximum Gasteiger partial charge on any atom is 0.418 e. The fourth-order valence-corrected chi connectivity index (χ4v) is 15.5. The van der Waals surface area contributed by atoms with Crippen LogP contribution in [0.25, 0.3) is 0 Å². The molecule has 0 aromatic heterocycles. The van der Waals surface area contributed by atoms with Crippen molar-refractivity contribution < 1.29 is 47.6 Å². The van der Waals surface area contributed by atoms with E-state index in [4.69, 9.17) is 28.4 Å². The molecule has 2 fully saturated rings. The van der Waals surface area contributed by atoms with Gasteiger partial charge in [0.1, 0.15) is 23.0 Å². The summed E-state index contributed by atoms with van der Waals surface area (Å²) in [4.78, 5) is 65.8. The molecule has 488 valence electrons. The maximum atomic E-state index is 14.8. The van der Waals surface area contributed by atoms with Crippen molar-refractivity contribution in [3.63, 3.8) is 0 Å². The second kappa shape index (κ2) is 25.3. The first kappa shape index (κ1) is 62.9. The van der Waals surface area contributed by atoms with Gasteiger partial charge < -0.3 is 38.2 Å². The van der Waals surface area contributed by atoms with Gasteiger partial charge in [0.05, 0.1) is 47.1 Å². The molecule has 8 aromatic carbocycles. The van der Waals surface area contributed by atoms with E-state index in [-0.39, 0.29) is 13.2 Å². The molecule has 14 heteroatoms. The summed E-state index contributed by atoms with van der Waals surface area (Å²) in [5, 5.41) is 0. The molecule has 0 radical (unpaired) electrons. The summed E-state index contributed by atoms with van der Waals surface area (Å²) < 4.78 is 39.4. The Hall–Kier alpha value is -9.56. The molecule has 6 aliphatic rings. The van der Waals surface area contributed by atoms with Gasteiger partial charge in [-0.25, -0.2) is 29.0 Å². The first-order chi connectivity index (χ1) is 46.0. The normalized spacial score (nSPS) is 18.4. The minimum absolute atomic E-state index is 0.229. The predicted octanol–water partition coefficient (Wildman–Crippen LogP) is 19.5. The Morgan fingerprint density at radius 3 is 1.22 bits per heavy atom. The highest BCUT2D eigenvalue weighted by Gasteiger charge is 2.56. The van der Waals surface area contributed by atoms with Crippen molar-refractivity contribution in [3.8, 4) is 23.0 Å². The van der Waals surface area contributed by atoms with E-state index in [0.717, 1.165) is 72.2 Å². The van der Waals surface area contributed by atoms with Crippen LogP contribution in [0, 0.1) is 13.8 Å². The van der Waals surface area contributed by atoms with Crippen LogP contribution in [0.15, 0.2) is 158 Å². The van der Waals surface area contributed by atoms with Crippen molar-refractivity contribution in [1.29, 1.82) is 0 Å². The number of unbranched alkanes of at least 4 members (excludes halogenated alkanes) is 2. The first-order valence-corrected chi connectivity index (χ1v) is 34.3. The van der Waals surface area contributed by atoms with Crippen molar-refractivity contribution >= 4 is 58.2 Å². The zero-order valence-corrected chi connectivity index (χ0v) is 55.9. The number of hydrogen-bond donors (Lipinski definition) is 0. The summed E-state index contributed by atoms with van der Waals surface area (Å²) in [6, 6.07) is 52.0. The van der Waals surface area contributed by atoms with Gasteiger partial charge in [-0.3, -0.25) is 0 Å². The number of rotatable bonds is 16. The van der Waals surface area contributed by atoms with Crippen molar-refractivity contribution in [1.82, 2.24) is 0 Å². The Kier molecular flexibility index (Phi) is 16.7. The van der Waals surface area contributed by atoms with Crippen molar-refractivity contribution in [2.45, 2.75) is 160 Å². The van der Waals surface area contributed by atoms with Crippen LogP contribution < -0.4 is 29.1 Å². The lowest BCUT2D eigenvalue weighted by molar-refractivity contribution is 0.0214. The summed E-state index contributed by atoms with van der Waals surface area (Å²) in [6.07, 6.45) is 13.8. The molecular formula is C81H84N4O10. The van der Waals surface area contributed by atoms with E-state index in [1.54, 1.807) is 21.9 Å². The van der Waals surface area contributed by atoms with Gasteiger partial charge in [0.25, 0.3) is 0 Å². The Balaban J connectivity index is 0.800. The number of hydrogen-bond acceptors (Lipinski definition) is 12. The number of carbonyl (C=O) groups excluding carboxylic acids is 4. The molecule has 2 atom stereocenters. The van der Waals surface area contributed by atoms with Crippen molar-refractivity contribution in [2.75, 3.05) is 46.9 Å². The minimum atomic E-state index is -1.38. The fraction of sp³-hybridized carbons (Fsp3) is 0.358. The Labute approximate surface area is 557 Å². The summed E-state index contributed by atoms with van der Waals surface area (Å²) >= 11 is 0. The van der Waals surface area contributed by atoms with E-state index >= 15 is 0 Å². The van der Waals surface area contributed by atoms with Crippen LogP contribution in [0.1, 0.15) is 194 Å². The highest BCUT2D eigenvalue weighted by molar-refractivity contribution is 6.01. The molecule has 8 aromatic rings. The lowest BCUT2D eigenvalue weighted by Gasteiger charge is -2.39. The number of anilines is 6. The molecule has 95 heavy (non-hydrogen) atoms. The third-order valence-corrected chi connectivity index (χ3v) is 21.1. The molecule has 0 N–H and O–H groups in total. The summed E-state index contributed by atoms with van der Waals surface area (Å²) in [5.41, 5.74) is 9.33. The molecule has 4 aliphatic heterocycles. The molecule has 2 aliphatic carbocycles. The second-order valence-corrected chi connectivity index (χ2v) is 27.2. The molecule has 14 rings (SSSR count). The SMILES string of the molecule is CCCCOC(=O)N(c1ccc(C(C)(C)c2ccc(N(C(=O)OCCCC)c3cc4c(cc3C)Oc3cc(N(C)C5CCCCC5)ccc3C43OC(=O)c4ccccc43)cc2)cc1)c1cc2c(cc1C)Oc1cc(N(C)C3CCCCC3)ccc1C21OC(=O)c2ccccc21. The topological polar surface area (TPSA) is 137 Å². The number of aryl methyl sites for hydroxylation is 2. The highest BCUT2D eigenvalue weighted by atomic mass is 16.6. The van der Waals surface area contributed by atoms with E-state index in [0.29, 0.717) is 115 Å². The van der Waals surface area contributed by atoms with E-state index in [2.05, 4.69) is 75.9 Å². The number of amides is 2. The van der Waals surface area contributed by atoms with Gasteiger partial charge in [0.15, 0.2) is 11.2 Å². The Morgan fingerprint density at radius 1 is 0.463 bits per heavy atom. The van der Waals surface area contributed by atoms with Crippen LogP contribution in [0.4, 0.5) is 43.7 Å². The summed E-state index contributed by atoms with van der Waals surface area (Å²) in [5.74, 6) is 1.40. The number of ether oxygens (including phenoxy) is 6. The van der Waals surface area contributed by atoms with Crippen molar-refractivity contribution in [2.24, 2.45) is 0 Å². The van der Waals surface area contributed by atoms with Gasteiger partial charge in [0, 0.05) is 88.5 Å². The third kappa shape index (κ3) is 10.8. The zero-order valence-electron chi connectivity index (χ0n) is 55.9. The Morgan fingerprint density at radius 2 is 0.832 bits per heavy atom. The van der Waals surface area contributed by atoms with Crippen LogP contribution in [0.2, 0.25) is 0 Å². The number of benzene rings is 8. The molecule has 4 heterocycles. The van der Waals surface area contributed by atoms with E-state index in [9.17, 15) is 19.2 Å². The molecular weight excluding hydrogens is 1190 g/mol. The van der Waals surface area contributed by atoms with Crippen LogP contribution in [0.3, 0.4) is 0 Å². The minimum Gasteiger partial charge on any atom is -0.456 e. The van der Waals surface area contributed by atoms with Crippen LogP contribution in [-0.2, 0) is 35.6 Å². The highest BCUT2D eigenvalue weighted by Crippen LogP contribution is 2.60. The molecule has 0 bridgehead atoms. The maximum absolute atomic E-state index is 14.8. The second-order valence-electron chi connectivity index (χ2n) is 27.2. The average Bonchev–Trinajstić information content (AvgIpc) is 1.62. The number of esters is 2. The first-order valence-electron chi connectivity index (χ1n) is 34.3. The molecule has 0 saturated heterocycles. The summed E-state index contributed by atoms with van der Waals surface area (Å²) in [7, 11) is 4.30. The lowest BCUT2D eigenvalue weighted by atomic mass is 9.77. The quantitative estimate of drug-likeness (QED) is 0.0517. The Bertz CT molecular complexity index is 4030. The number of nitrogens with zero attached hydrogens (tertiary/aromatic N) is 4. The third-order valence-electron chi connectivity index (χ3n) is 21.1. The van der Waals surface area contributed by atoms with Gasteiger partial charge >= 0.3 is 24.1 Å². The number of carbonyl (C=O) groups is 4. The molecule has 2 unspecified atom stereocenters. The van der Waals surface area contributed by atoms with E-state index in [1.807, 2.05) is 135 Å². The van der Waals surface area contributed by atoms with E-state index in [1.165, 1.54) is 38.5 Å². The fourth-order valence-electron chi connectivity index (χ4n) is 15.5. The average molecular weight is 1270 g/mol. The standard InChI is InChI=1S/C81H84N4O10/c1-9-11-43-90-77(88)84(69-49-67-71(45-51(69)3)92-73-47-59(82(7)55-23-15-13-16-24-55)39-41-65(73)80(67)63-29-21-19-27-61(63)75(86)94-80)57-35-31-53(32-36-57)79(5,6)54-33-37-58(38-34-54)85(78(89)91-44-12-10-2)70-50-68-72(46-52(70)4)93-74-48-60(83(8)56-25-17-14-18-26-56)40-42-66(74)81(68)64-30-22-20-28-62(64)76(87)95-81/h19-22,27-42,45-50,55-56H,9-18,23-26,43-44H2,1-8H3. The molecule has 2 spiro atoms. The molecule has 2 amide bonds.